The van der Waals surface area contributed by atoms with Gasteiger partial charge in [-0.25, -0.2) is 4.68 Å². The average Bonchev–Trinajstić information content (AvgIpc) is 3.26. The van der Waals surface area contributed by atoms with Crippen LogP contribution in [0.5, 0.6) is 0 Å². The number of benzene rings is 2. The zero-order chi connectivity index (χ0) is 21.8. The molecule has 32 heavy (non-hydrogen) atoms. The quantitative estimate of drug-likeness (QED) is 0.442. The first-order valence-corrected chi connectivity index (χ1v) is 11.0. The number of rotatable bonds is 7. The Balaban J connectivity index is 1.45. The van der Waals surface area contributed by atoms with Gasteiger partial charge >= 0.3 is 0 Å². The number of nitrogens with one attached hydrogen (secondary N) is 2. The molecule has 8 nitrogen and oxygen atoms in total. The smallest absolute Gasteiger partial charge is 0.226 e. The van der Waals surface area contributed by atoms with Crippen LogP contribution < -0.4 is 10.6 Å². The summed E-state index contributed by atoms with van der Waals surface area (Å²) in [6.07, 6.45) is 1.79. The van der Waals surface area contributed by atoms with E-state index in [2.05, 4.69) is 20.6 Å². The molecule has 3 heterocycles. The fraction of sp³-hybridized carbons (Fsp3) is 0.261. The number of hydrogen-bond acceptors (Lipinski definition) is 7. The second-order valence-electron chi connectivity index (χ2n) is 7.54. The molecule has 164 valence electrons. The first kappa shape index (κ1) is 20.7. The third-order valence-corrected chi connectivity index (χ3v) is 5.60. The third kappa shape index (κ3) is 4.67. The van der Waals surface area contributed by atoms with Gasteiger partial charge in [0.05, 0.1) is 30.5 Å². The van der Waals surface area contributed by atoms with Crippen molar-refractivity contribution in [2.45, 2.75) is 0 Å². The van der Waals surface area contributed by atoms with Crippen LogP contribution in [0.2, 0.25) is 5.02 Å². The maximum Gasteiger partial charge on any atom is 0.226 e. The fourth-order valence-electron chi connectivity index (χ4n) is 3.66. The zero-order valence-corrected chi connectivity index (χ0v) is 18.3. The summed E-state index contributed by atoms with van der Waals surface area (Å²) in [5.74, 6) is 1.24. The topological polar surface area (TPSA) is 80.1 Å². The van der Waals surface area contributed by atoms with Crippen molar-refractivity contribution in [2.75, 3.05) is 50.0 Å². The molecular weight excluding hydrogens is 426 g/mol. The normalized spacial score (nSPS) is 14.5. The molecular formula is C23H24ClN7O. The lowest BCUT2D eigenvalue weighted by Crippen LogP contribution is -2.39. The van der Waals surface area contributed by atoms with Gasteiger partial charge < -0.3 is 15.4 Å². The van der Waals surface area contributed by atoms with E-state index in [1.165, 1.54) is 0 Å². The molecule has 0 aliphatic carbocycles. The molecule has 0 atom stereocenters. The molecule has 2 aromatic heterocycles. The number of para-hydroxylation sites is 1. The SMILES string of the molecule is Clc1ccc(Nc2nc(NCCN3CCOCC3)nc3c2cnn3-c2ccccc2)cc1. The second kappa shape index (κ2) is 9.52. The lowest BCUT2D eigenvalue weighted by molar-refractivity contribution is 0.0398. The van der Waals surface area contributed by atoms with E-state index < -0.39 is 0 Å². The van der Waals surface area contributed by atoms with Crippen LogP contribution in [0.15, 0.2) is 60.8 Å². The van der Waals surface area contributed by atoms with Crippen molar-refractivity contribution in [3.05, 3.63) is 65.8 Å². The lowest BCUT2D eigenvalue weighted by atomic mass is 10.3. The summed E-state index contributed by atoms with van der Waals surface area (Å²) in [6, 6.07) is 17.5. The van der Waals surface area contributed by atoms with Crippen molar-refractivity contribution in [1.29, 1.82) is 0 Å². The highest BCUT2D eigenvalue weighted by atomic mass is 35.5. The Morgan fingerprint density at radius 2 is 1.75 bits per heavy atom. The van der Waals surface area contributed by atoms with Crippen LogP contribution in [0.1, 0.15) is 0 Å². The molecule has 0 spiro atoms. The molecule has 2 N–H and O–H groups in total. The number of fused-ring (bicyclic) bond motifs is 1. The number of nitrogens with zero attached hydrogens (tertiary/aromatic N) is 5. The minimum Gasteiger partial charge on any atom is -0.379 e. The molecule has 4 aromatic rings. The van der Waals surface area contributed by atoms with Gasteiger partial charge in [-0.1, -0.05) is 29.8 Å². The summed E-state index contributed by atoms with van der Waals surface area (Å²) in [5.41, 5.74) is 2.57. The molecule has 0 amide bonds. The van der Waals surface area contributed by atoms with Crippen LogP contribution in [0.3, 0.4) is 0 Å². The highest BCUT2D eigenvalue weighted by molar-refractivity contribution is 6.30. The summed E-state index contributed by atoms with van der Waals surface area (Å²) in [5, 5.41) is 12.9. The van der Waals surface area contributed by atoms with E-state index >= 15 is 0 Å². The Hall–Kier alpha value is -3.20. The number of anilines is 3. The standard InChI is InChI=1S/C23H24ClN7O/c24-17-6-8-18(9-7-17)27-21-20-16-26-31(19-4-2-1-3-5-19)22(20)29-23(28-21)25-10-11-30-12-14-32-15-13-30/h1-9,16H,10-15H2,(H2,25,27,28,29). The van der Waals surface area contributed by atoms with Gasteiger partial charge in [-0.15, -0.1) is 0 Å². The largest absolute Gasteiger partial charge is 0.379 e. The number of halogens is 1. The maximum absolute atomic E-state index is 6.04. The Morgan fingerprint density at radius 1 is 0.969 bits per heavy atom. The van der Waals surface area contributed by atoms with Crippen LogP contribution in [-0.2, 0) is 4.74 Å². The average molecular weight is 450 g/mol. The van der Waals surface area contributed by atoms with Crippen molar-refractivity contribution in [2.24, 2.45) is 0 Å². The van der Waals surface area contributed by atoms with Gasteiger partial charge in [-0.05, 0) is 36.4 Å². The summed E-state index contributed by atoms with van der Waals surface area (Å²) in [7, 11) is 0. The third-order valence-electron chi connectivity index (χ3n) is 5.35. The second-order valence-corrected chi connectivity index (χ2v) is 7.97. The number of morpholine rings is 1. The van der Waals surface area contributed by atoms with Gasteiger partial charge in [0.25, 0.3) is 0 Å². The number of ether oxygens (including phenoxy) is 1. The molecule has 5 rings (SSSR count). The van der Waals surface area contributed by atoms with Gasteiger partial charge in [0, 0.05) is 36.9 Å². The molecule has 1 saturated heterocycles. The summed E-state index contributed by atoms with van der Waals surface area (Å²) < 4.78 is 7.26. The predicted molar refractivity (Wildman–Crippen MR) is 127 cm³/mol. The minimum absolute atomic E-state index is 0.555. The highest BCUT2D eigenvalue weighted by Gasteiger charge is 2.15. The Kier molecular flexibility index (Phi) is 6.15. The van der Waals surface area contributed by atoms with Crippen LogP contribution >= 0.6 is 11.6 Å². The summed E-state index contributed by atoms with van der Waals surface area (Å²) >= 11 is 6.04. The Labute approximate surface area is 191 Å². The van der Waals surface area contributed by atoms with E-state index in [1.54, 1.807) is 6.20 Å². The molecule has 1 aliphatic heterocycles. The van der Waals surface area contributed by atoms with Gasteiger partial charge in [-0.3, -0.25) is 4.90 Å². The predicted octanol–water partition coefficient (Wildman–Crippen LogP) is 3.96. The number of aromatic nitrogens is 4. The molecule has 0 saturated carbocycles. The van der Waals surface area contributed by atoms with E-state index in [0.717, 1.165) is 61.8 Å². The van der Waals surface area contributed by atoms with Crippen LogP contribution in [0.4, 0.5) is 17.5 Å². The minimum atomic E-state index is 0.555. The van der Waals surface area contributed by atoms with Crippen molar-refractivity contribution in [3.8, 4) is 5.69 Å². The van der Waals surface area contributed by atoms with Crippen molar-refractivity contribution < 1.29 is 4.74 Å². The number of hydrogen-bond donors (Lipinski definition) is 2. The monoisotopic (exact) mass is 449 g/mol. The summed E-state index contributed by atoms with van der Waals surface area (Å²) in [6.45, 7) is 5.12. The molecule has 0 bridgehead atoms. The zero-order valence-electron chi connectivity index (χ0n) is 17.5. The first-order chi connectivity index (χ1) is 15.8. The molecule has 1 fully saturated rings. The van der Waals surface area contributed by atoms with Gasteiger partial charge in [0.2, 0.25) is 5.95 Å². The maximum atomic E-state index is 6.04. The van der Waals surface area contributed by atoms with Gasteiger partial charge in [0.15, 0.2) is 5.65 Å². The summed E-state index contributed by atoms with van der Waals surface area (Å²) in [4.78, 5) is 11.9. The van der Waals surface area contributed by atoms with Crippen LogP contribution in [0.25, 0.3) is 16.7 Å². The van der Waals surface area contributed by atoms with Gasteiger partial charge in [-0.2, -0.15) is 15.1 Å². The molecule has 0 radical (unpaired) electrons. The molecule has 0 unspecified atom stereocenters. The van der Waals surface area contributed by atoms with Crippen molar-refractivity contribution >= 4 is 40.1 Å². The van der Waals surface area contributed by atoms with Crippen LogP contribution in [-0.4, -0.2) is 64.0 Å². The molecule has 1 aliphatic rings. The van der Waals surface area contributed by atoms with E-state index in [1.807, 2.05) is 59.3 Å². The van der Waals surface area contributed by atoms with E-state index in [0.29, 0.717) is 16.8 Å². The van der Waals surface area contributed by atoms with Crippen molar-refractivity contribution in [3.63, 3.8) is 0 Å². The fourth-order valence-corrected chi connectivity index (χ4v) is 3.79. The highest BCUT2D eigenvalue weighted by Crippen LogP contribution is 2.27. The molecule has 2 aromatic carbocycles. The van der Waals surface area contributed by atoms with Crippen LogP contribution in [0, 0.1) is 0 Å². The Bertz CT molecular complexity index is 1170. The molecule has 9 heteroatoms. The van der Waals surface area contributed by atoms with Gasteiger partial charge in [0.1, 0.15) is 5.82 Å². The lowest BCUT2D eigenvalue weighted by Gasteiger charge is -2.26. The van der Waals surface area contributed by atoms with E-state index in [4.69, 9.17) is 26.3 Å². The van der Waals surface area contributed by atoms with E-state index in [-0.39, 0.29) is 0 Å². The van der Waals surface area contributed by atoms with Crippen molar-refractivity contribution in [1.82, 2.24) is 24.6 Å². The van der Waals surface area contributed by atoms with E-state index in [9.17, 15) is 0 Å². The Morgan fingerprint density at radius 3 is 2.53 bits per heavy atom. The first-order valence-electron chi connectivity index (χ1n) is 10.6.